The number of alkyl halides is 1. The van der Waals surface area contributed by atoms with Crippen LogP contribution in [0.2, 0.25) is 0 Å². The fraction of sp³-hybridized carbons (Fsp3) is 0.294. The van der Waals surface area contributed by atoms with Crippen molar-refractivity contribution < 1.29 is 4.74 Å². The number of rotatable bonds is 5. The Morgan fingerprint density at radius 3 is 2.65 bits per heavy atom. The van der Waals surface area contributed by atoms with E-state index in [9.17, 15) is 0 Å². The predicted octanol–water partition coefficient (Wildman–Crippen LogP) is 5.33. The van der Waals surface area contributed by atoms with E-state index in [-0.39, 0.29) is 0 Å². The van der Waals surface area contributed by atoms with Gasteiger partial charge in [0.1, 0.15) is 5.75 Å². The Bertz CT molecular complexity index is 583. The molecule has 0 aliphatic rings. The van der Waals surface area contributed by atoms with E-state index in [1.807, 2.05) is 12.1 Å². The van der Waals surface area contributed by atoms with E-state index in [1.165, 1.54) is 16.7 Å². The zero-order valence-corrected chi connectivity index (χ0v) is 14.0. The van der Waals surface area contributed by atoms with Crippen molar-refractivity contribution in [3.8, 4) is 5.75 Å². The molecule has 0 heterocycles. The highest BCUT2D eigenvalue weighted by molar-refractivity contribution is 9.10. The second-order valence-corrected chi connectivity index (χ2v) is 6.09. The fourth-order valence-corrected chi connectivity index (χ4v) is 2.98. The van der Waals surface area contributed by atoms with E-state index < -0.39 is 0 Å². The number of methoxy groups -OCH3 is 1. The molecule has 1 unspecified atom stereocenters. The third-order valence-electron chi connectivity index (χ3n) is 3.42. The highest BCUT2D eigenvalue weighted by atomic mass is 79.9. The normalized spacial score (nSPS) is 12.2. The van der Waals surface area contributed by atoms with Crippen molar-refractivity contribution in [2.45, 2.75) is 19.3 Å². The van der Waals surface area contributed by atoms with Crippen LogP contribution in [0.25, 0.3) is 0 Å². The topological polar surface area (TPSA) is 9.23 Å². The van der Waals surface area contributed by atoms with Gasteiger partial charge in [0.15, 0.2) is 0 Å². The summed E-state index contributed by atoms with van der Waals surface area (Å²) in [6.07, 6.45) is 0.894. The molecule has 0 radical (unpaired) electrons. The van der Waals surface area contributed by atoms with Gasteiger partial charge in [-0.2, -0.15) is 0 Å². The molecule has 0 saturated heterocycles. The van der Waals surface area contributed by atoms with Crippen LogP contribution in [0, 0.1) is 6.92 Å². The van der Waals surface area contributed by atoms with Crippen LogP contribution >= 0.6 is 27.5 Å². The fourth-order valence-electron chi connectivity index (χ4n) is 2.29. The molecule has 0 aliphatic carbocycles. The van der Waals surface area contributed by atoms with Crippen LogP contribution in [-0.4, -0.2) is 13.0 Å². The minimum absolute atomic E-state index is 0.306. The Balaban J connectivity index is 2.26. The largest absolute Gasteiger partial charge is 0.497 e. The Morgan fingerprint density at radius 1 is 1.20 bits per heavy atom. The van der Waals surface area contributed by atoms with Gasteiger partial charge >= 0.3 is 0 Å². The van der Waals surface area contributed by atoms with Crippen molar-refractivity contribution in [3.63, 3.8) is 0 Å². The molecule has 0 bridgehead atoms. The van der Waals surface area contributed by atoms with Crippen LogP contribution < -0.4 is 4.74 Å². The number of hydrogen-bond acceptors (Lipinski definition) is 1. The third-order valence-corrected chi connectivity index (χ3v) is 4.57. The standard InChI is InChI=1S/C17H18BrClO/c1-12-4-3-5-13(8-12)15(11-19)9-14-10-16(20-2)6-7-17(14)18/h3-8,10,15H,9,11H2,1-2H3. The van der Waals surface area contributed by atoms with Gasteiger partial charge in [-0.1, -0.05) is 45.8 Å². The van der Waals surface area contributed by atoms with Gasteiger partial charge < -0.3 is 4.74 Å². The van der Waals surface area contributed by atoms with Gasteiger partial charge in [0.2, 0.25) is 0 Å². The molecular formula is C17H18BrClO. The SMILES string of the molecule is COc1ccc(Br)c(CC(CCl)c2cccc(C)c2)c1. The average Bonchev–Trinajstić information content (AvgIpc) is 2.46. The number of ether oxygens (including phenoxy) is 1. The molecule has 0 N–H and O–H groups in total. The maximum Gasteiger partial charge on any atom is 0.119 e. The van der Waals surface area contributed by atoms with Crippen molar-refractivity contribution in [3.05, 3.63) is 63.6 Å². The van der Waals surface area contributed by atoms with Crippen molar-refractivity contribution in [2.75, 3.05) is 13.0 Å². The molecule has 0 aromatic heterocycles. The summed E-state index contributed by atoms with van der Waals surface area (Å²) < 4.78 is 6.39. The molecule has 106 valence electrons. The van der Waals surface area contributed by atoms with Gasteiger partial charge in [0, 0.05) is 16.3 Å². The van der Waals surface area contributed by atoms with Gasteiger partial charge in [-0.3, -0.25) is 0 Å². The minimum atomic E-state index is 0.306. The molecule has 3 heteroatoms. The smallest absolute Gasteiger partial charge is 0.119 e. The summed E-state index contributed by atoms with van der Waals surface area (Å²) in [7, 11) is 1.69. The van der Waals surface area contributed by atoms with Crippen LogP contribution in [0.3, 0.4) is 0 Å². The second-order valence-electron chi connectivity index (χ2n) is 4.93. The van der Waals surface area contributed by atoms with Gasteiger partial charge in [-0.05, 0) is 42.7 Å². The third kappa shape index (κ3) is 3.77. The molecular weight excluding hydrogens is 336 g/mol. The molecule has 0 fully saturated rings. The van der Waals surface area contributed by atoms with Crippen LogP contribution in [0.5, 0.6) is 5.75 Å². The zero-order chi connectivity index (χ0) is 14.5. The van der Waals surface area contributed by atoms with Crippen LogP contribution in [0.4, 0.5) is 0 Å². The van der Waals surface area contributed by atoms with Crippen LogP contribution in [0.1, 0.15) is 22.6 Å². The van der Waals surface area contributed by atoms with E-state index in [0.717, 1.165) is 16.6 Å². The summed E-state index contributed by atoms with van der Waals surface area (Å²) in [5, 5.41) is 0. The molecule has 0 aliphatic heterocycles. The van der Waals surface area contributed by atoms with E-state index in [4.69, 9.17) is 16.3 Å². The second kappa shape index (κ2) is 7.14. The van der Waals surface area contributed by atoms with Crippen LogP contribution in [-0.2, 0) is 6.42 Å². The number of hydrogen-bond donors (Lipinski definition) is 0. The molecule has 0 amide bonds. The summed E-state index contributed by atoms with van der Waals surface area (Å²) >= 11 is 9.79. The number of halogens is 2. The van der Waals surface area contributed by atoms with Gasteiger partial charge in [0.25, 0.3) is 0 Å². The molecule has 2 aromatic carbocycles. The quantitative estimate of drug-likeness (QED) is 0.660. The zero-order valence-electron chi connectivity index (χ0n) is 11.7. The van der Waals surface area contributed by atoms with Gasteiger partial charge in [0.05, 0.1) is 7.11 Å². The molecule has 1 atom stereocenters. The van der Waals surface area contributed by atoms with E-state index in [1.54, 1.807) is 7.11 Å². The first-order chi connectivity index (χ1) is 9.63. The van der Waals surface area contributed by atoms with E-state index in [0.29, 0.717) is 11.8 Å². The first-order valence-corrected chi connectivity index (χ1v) is 7.91. The Hall–Kier alpha value is -0.990. The summed E-state index contributed by atoms with van der Waals surface area (Å²) in [5.74, 6) is 1.79. The first-order valence-electron chi connectivity index (χ1n) is 6.59. The summed E-state index contributed by atoms with van der Waals surface area (Å²) in [6, 6.07) is 14.6. The summed E-state index contributed by atoms with van der Waals surface area (Å²) in [4.78, 5) is 0. The summed E-state index contributed by atoms with van der Waals surface area (Å²) in [5.41, 5.74) is 3.77. The molecule has 2 aromatic rings. The van der Waals surface area contributed by atoms with Gasteiger partial charge in [-0.25, -0.2) is 0 Å². The first kappa shape index (κ1) is 15.4. The molecule has 0 spiro atoms. The maximum absolute atomic E-state index is 6.18. The van der Waals surface area contributed by atoms with Crippen molar-refractivity contribution >= 4 is 27.5 Å². The monoisotopic (exact) mass is 352 g/mol. The van der Waals surface area contributed by atoms with Gasteiger partial charge in [-0.15, -0.1) is 11.6 Å². The minimum Gasteiger partial charge on any atom is -0.497 e. The average molecular weight is 354 g/mol. The van der Waals surface area contributed by atoms with Crippen molar-refractivity contribution in [1.82, 2.24) is 0 Å². The lowest BCUT2D eigenvalue weighted by Gasteiger charge is -2.16. The molecule has 20 heavy (non-hydrogen) atoms. The molecule has 2 rings (SSSR count). The van der Waals surface area contributed by atoms with Crippen molar-refractivity contribution in [1.29, 1.82) is 0 Å². The lowest BCUT2D eigenvalue weighted by atomic mass is 9.92. The molecule has 0 saturated carbocycles. The maximum atomic E-state index is 6.18. The highest BCUT2D eigenvalue weighted by Gasteiger charge is 2.14. The van der Waals surface area contributed by atoms with E-state index >= 15 is 0 Å². The lowest BCUT2D eigenvalue weighted by Crippen LogP contribution is -2.06. The molecule has 1 nitrogen and oxygen atoms in total. The summed E-state index contributed by atoms with van der Waals surface area (Å²) in [6.45, 7) is 2.11. The van der Waals surface area contributed by atoms with Crippen LogP contribution in [0.15, 0.2) is 46.9 Å². The Morgan fingerprint density at radius 2 is 2.00 bits per heavy atom. The number of benzene rings is 2. The Labute approximate surface area is 134 Å². The lowest BCUT2D eigenvalue weighted by molar-refractivity contribution is 0.414. The highest BCUT2D eigenvalue weighted by Crippen LogP contribution is 2.29. The predicted molar refractivity (Wildman–Crippen MR) is 89.0 cm³/mol. The van der Waals surface area contributed by atoms with Crippen molar-refractivity contribution in [2.24, 2.45) is 0 Å². The number of aryl methyl sites for hydroxylation is 1. The Kier molecular flexibility index (Phi) is 5.50. The van der Waals surface area contributed by atoms with E-state index in [2.05, 4.69) is 53.2 Å².